The molecule has 3 rings (SSSR count). The lowest BCUT2D eigenvalue weighted by Gasteiger charge is -2.34. The van der Waals surface area contributed by atoms with Crippen LogP contribution in [0.15, 0.2) is 53.0 Å². The van der Waals surface area contributed by atoms with Crippen LogP contribution in [0, 0.1) is 5.92 Å². The fourth-order valence-corrected chi connectivity index (χ4v) is 3.13. The number of para-hydroxylation sites is 1. The van der Waals surface area contributed by atoms with Crippen molar-refractivity contribution >= 4 is 15.9 Å². The van der Waals surface area contributed by atoms with Crippen LogP contribution in [0.3, 0.4) is 0 Å². The average molecular weight is 346 g/mol. The van der Waals surface area contributed by atoms with Gasteiger partial charge in [0.1, 0.15) is 5.75 Å². The van der Waals surface area contributed by atoms with E-state index in [4.69, 9.17) is 4.74 Å². The van der Waals surface area contributed by atoms with Gasteiger partial charge in [-0.2, -0.15) is 0 Å². The molecular weight excluding hydrogens is 326 g/mol. The Morgan fingerprint density at radius 1 is 1.14 bits per heavy atom. The average Bonchev–Trinajstić information content (AvgIpc) is 2.51. The van der Waals surface area contributed by atoms with Gasteiger partial charge in [0.05, 0.1) is 6.61 Å². The second-order valence-electron chi connectivity index (χ2n) is 5.74. The minimum absolute atomic E-state index is 0.303. The van der Waals surface area contributed by atoms with Gasteiger partial charge in [-0.15, -0.1) is 0 Å². The SMILES string of the molecule is CC1COc2ccccc2C1N[C@H](C)c1ccc(Br)cc1. The van der Waals surface area contributed by atoms with Crippen LogP contribution in [0.2, 0.25) is 0 Å². The lowest BCUT2D eigenvalue weighted by Crippen LogP contribution is -2.35. The quantitative estimate of drug-likeness (QED) is 0.856. The molecule has 1 aliphatic rings. The highest BCUT2D eigenvalue weighted by atomic mass is 79.9. The lowest BCUT2D eigenvalue weighted by atomic mass is 9.91. The molecule has 3 heteroatoms. The monoisotopic (exact) mass is 345 g/mol. The molecule has 110 valence electrons. The van der Waals surface area contributed by atoms with Gasteiger partial charge in [-0.25, -0.2) is 0 Å². The van der Waals surface area contributed by atoms with Crippen molar-refractivity contribution in [2.75, 3.05) is 6.61 Å². The van der Waals surface area contributed by atoms with Crippen molar-refractivity contribution in [2.24, 2.45) is 5.92 Å². The third-order valence-electron chi connectivity index (χ3n) is 4.12. The summed E-state index contributed by atoms with van der Waals surface area (Å²) in [7, 11) is 0. The Hall–Kier alpha value is -1.32. The minimum atomic E-state index is 0.303. The number of hydrogen-bond donors (Lipinski definition) is 1. The molecule has 2 unspecified atom stereocenters. The lowest BCUT2D eigenvalue weighted by molar-refractivity contribution is 0.182. The van der Waals surface area contributed by atoms with Crippen molar-refractivity contribution in [3.8, 4) is 5.75 Å². The fraction of sp³-hybridized carbons (Fsp3) is 0.333. The van der Waals surface area contributed by atoms with Crippen LogP contribution in [-0.2, 0) is 0 Å². The number of hydrogen-bond acceptors (Lipinski definition) is 2. The normalized spacial score (nSPS) is 22.2. The molecule has 2 nitrogen and oxygen atoms in total. The van der Waals surface area contributed by atoms with Gasteiger partial charge >= 0.3 is 0 Å². The summed E-state index contributed by atoms with van der Waals surface area (Å²) in [6, 6.07) is 17.5. The van der Waals surface area contributed by atoms with E-state index in [1.807, 2.05) is 6.07 Å². The van der Waals surface area contributed by atoms with Crippen LogP contribution in [-0.4, -0.2) is 6.61 Å². The second-order valence-corrected chi connectivity index (χ2v) is 6.66. The first-order valence-electron chi connectivity index (χ1n) is 7.38. The molecule has 2 aromatic carbocycles. The van der Waals surface area contributed by atoms with E-state index in [-0.39, 0.29) is 0 Å². The zero-order valence-electron chi connectivity index (χ0n) is 12.3. The Labute approximate surface area is 134 Å². The molecule has 0 fully saturated rings. The van der Waals surface area contributed by atoms with E-state index in [1.54, 1.807) is 0 Å². The zero-order chi connectivity index (χ0) is 14.8. The van der Waals surface area contributed by atoms with E-state index in [0.717, 1.165) is 16.8 Å². The summed E-state index contributed by atoms with van der Waals surface area (Å²) in [5, 5.41) is 3.77. The van der Waals surface area contributed by atoms with Crippen molar-refractivity contribution < 1.29 is 4.74 Å². The molecule has 0 spiro atoms. The van der Waals surface area contributed by atoms with Gasteiger partial charge < -0.3 is 10.1 Å². The Morgan fingerprint density at radius 3 is 2.62 bits per heavy atom. The summed E-state index contributed by atoms with van der Waals surface area (Å²) in [6.07, 6.45) is 0. The van der Waals surface area contributed by atoms with Gasteiger partial charge in [0.25, 0.3) is 0 Å². The van der Waals surface area contributed by atoms with Crippen LogP contribution in [0.4, 0.5) is 0 Å². The number of ether oxygens (including phenoxy) is 1. The molecule has 1 heterocycles. The fourth-order valence-electron chi connectivity index (χ4n) is 2.86. The third-order valence-corrected chi connectivity index (χ3v) is 4.65. The Kier molecular flexibility index (Phi) is 4.32. The van der Waals surface area contributed by atoms with Gasteiger partial charge in [0.15, 0.2) is 0 Å². The molecule has 21 heavy (non-hydrogen) atoms. The molecule has 3 atom stereocenters. The zero-order valence-corrected chi connectivity index (χ0v) is 13.9. The second kappa shape index (κ2) is 6.20. The van der Waals surface area contributed by atoms with Gasteiger partial charge in [0.2, 0.25) is 0 Å². The number of benzene rings is 2. The first-order valence-corrected chi connectivity index (χ1v) is 8.17. The van der Waals surface area contributed by atoms with E-state index in [2.05, 4.69) is 77.6 Å². The van der Waals surface area contributed by atoms with Crippen molar-refractivity contribution in [2.45, 2.75) is 25.9 Å². The topological polar surface area (TPSA) is 21.3 Å². The smallest absolute Gasteiger partial charge is 0.124 e. The van der Waals surface area contributed by atoms with Crippen LogP contribution >= 0.6 is 15.9 Å². The van der Waals surface area contributed by atoms with E-state index in [1.165, 1.54) is 11.1 Å². The first-order chi connectivity index (χ1) is 10.1. The van der Waals surface area contributed by atoms with Crippen molar-refractivity contribution in [1.82, 2.24) is 5.32 Å². The maximum absolute atomic E-state index is 5.82. The molecule has 0 radical (unpaired) electrons. The van der Waals surface area contributed by atoms with Gasteiger partial charge in [-0.1, -0.05) is 53.2 Å². The van der Waals surface area contributed by atoms with Crippen molar-refractivity contribution in [1.29, 1.82) is 0 Å². The summed E-state index contributed by atoms with van der Waals surface area (Å²) in [6.45, 7) is 5.22. The molecule has 1 N–H and O–H groups in total. The highest BCUT2D eigenvalue weighted by Crippen LogP contribution is 2.36. The highest BCUT2D eigenvalue weighted by Gasteiger charge is 2.28. The Morgan fingerprint density at radius 2 is 1.86 bits per heavy atom. The molecule has 0 amide bonds. The predicted octanol–water partition coefficient (Wildman–Crippen LogP) is 4.87. The molecule has 0 saturated heterocycles. The summed E-state index contributed by atoms with van der Waals surface area (Å²) in [5.41, 5.74) is 2.56. The van der Waals surface area contributed by atoms with Gasteiger partial charge in [0, 0.05) is 28.0 Å². The maximum atomic E-state index is 5.82. The summed E-state index contributed by atoms with van der Waals surface area (Å²) >= 11 is 3.49. The molecule has 0 aromatic heterocycles. The van der Waals surface area contributed by atoms with E-state index < -0.39 is 0 Å². The number of halogens is 1. The van der Waals surface area contributed by atoms with Crippen molar-refractivity contribution in [3.05, 3.63) is 64.1 Å². The van der Waals surface area contributed by atoms with Crippen LogP contribution in [0.5, 0.6) is 5.75 Å². The molecular formula is C18H20BrNO. The molecule has 0 bridgehead atoms. The summed E-state index contributed by atoms with van der Waals surface area (Å²) < 4.78 is 6.94. The van der Waals surface area contributed by atoms with Crippen LogP contribution in [0.1, 0.15) is 37.1 Å². The number of rotatable bonds is 3. The van der Waals surface area contributed by atoms with Crippen LogP contribution in [0.25, 0.3) is 0 Å². The number of fused-ring (bicyclic) bond motifs is 1. The highest BCUT2D eigenvalue weighted by molar-refractivity contribution is 9.10. The largest absolute Gasteiger partial charge is 0.493 e. The van der Waals surface area contributed by atoms with E-state index >= 15 is 0 Å². The number of nitrogens with one attached hydrogen (secondary N) is 1. The maximum Gasteiger partial charge on any atom is 0.124 e. The van der Waals surface area contributed by atoms with E-state index in [0.29, 0.717) is 18.0 Å². The van der Waals surface area contributed by atoms with Gasteiger partial charge in [-0.05, 0) is 30.7 Å². The Balaban J connectivity index is 1.82. The minimum Gasteiger partial charge on any atom is -0.493 e. The first kappa shape index (κ1) is 14.6. The Bertz CT molecular complexity index is 611. The molecule has 1 aliphatic heterocycles. The molecule has 0 saturated carbocycles. The van der Waals surface area contributed by atoms with E-state index in [9.17, 15) is 0 Å². The van der Waals surface area contributed by atoms with Gasteiger partial charge in [-0.3, -0.25) is 0 Å². The predicted molar refractivity (Wildman–Crippen MR) is 89.5 cm³/mol. The standard InChI is InChI=1S/C18H20BrNO/c1-12-11-21-17-6-4-3-5-16(17)18(12)20-13(2)14-7-9-15(19)10-8-14/h3-10,12-13,18,20H,11H2,1-2H3/t12?,13-,18?/m1/s1. The summed E-state index contributed by atoms with van der Waals surface area (Å²) in [4.78, 5) is 0. The van der Waals surface area contributed by atoms with Crippen LogP contribution < -0.4 is 10.1 Å². The summed E-state index contributed by atoms with van der Waals surface area (Å²) in [5.74, 6) is 1.47. The molecule has 0 aliphatic carbocycles. The molecule has 2 aromatic rings. The third kappa shape index (κ3) is 3.14. The van der Waals surface area contributed by atoms with Crippen molar-refractivity contribution in [3.63, 3.8) is 0 Å².